The van der Waals surface area contributed by atoms with Crippen molar-refractivity contribution in [2.75, 3.05) is 13.1 Å². The first-order valence-corrected chi connectivity index (χ1v) is 7.65. The number of aliphatic hydroxyl groups is 1. The summed E-state index contributed by atoms with van der Waals surface area (Å²) in [6.45, 7) is 8.63. The van der Waals surface area contributed by atoms with Crippen LogP contribution in [-0.2, 0) is 9.59 Å². The predicted octanol–water partition coefficient (Wildman–Crippen LogP) is 1.16. The summed E-state index contributed by atoms with van der Waals surface area (Å²) in [5.74, 6) is 0.0656. The van der Waals surface area contributed by atoms with E-state index >= 15 is 0 Å². The van der Waals surface area contributed by atoms with Crippen LogP contribution in [0.15, 0.2) is 0 Å². The lowest BCUT2D eigenvalue weighted by Crippen LogP contribution is -2.55. The molecule has 0 radical (unpaired) electrons. The summed E-state index contributed by atoms with van der Waals surface area (Å²) >= 11 is 0. The number of rotatable bonds is 5. The average molecular weight is 284 g/mol. The van der Waals surface area contributed by atoms with E-state index < -0.39 is 6.10 Å². The van der Waals surface area contributed by atoms with Gasteiger partial charge in [-0.15, -0.1) is 0 Å². The molecule has 5 nitrogen and oxygen atoms in total. The smallest absolute Gasteiger partial charge is 0.222 e. The summed E-state index contributed by atoms with van der Waals surface area (Å²) in [6, 6.07) is -0.0552. The van der Waals surface area contributed by atoms with Gasteiger partial charge in [-0.25, -0.2) is 0 Å². The van der Waals surface area contributed by atoms with Crippen molar-refractivity contribution in [1.29, 1.82) is 0 Å². The summed E-state index contributed by atoms with van der Waals surface area (Å²) in [5, 5.41) is 13.1. The zero-order valence-electron chi connectivity index (χ0n) is 13.1. The van der Waals surface area contributed by atoms with Gasteiger partial charge in [0.05, 0.1) is 6.10 Å². The monoisotopic (exact) mass is 284 g/mol. The molecule has 5 heteroatoms. The van der Waals surface area contributed by atoms with Gasteiger partial charge in [0, 0.05) is 37.4 Å². The van der Waals surface area contributed by atoms with Crippen LogP contribution < -0.4 is 5.32 Å². The summed E-state index contributed by atoms with van der Waals surface area (Å²) in [6.07, 6.45) is 1.45. The summed E-state index contributed by atoms with van der Waals surface area (Å²) < 4.78 is 0. The molecule has 0 bridgehead atoms. The van der Waals surface area contributed by atoms with Crippen LogP contribution in [0.25, 0.3) is 0 Å². The zero-order chi connectivity index (χ0) is 15.3. The molecule has 0 aromatic carbocycles. The third-order valence-electron chi connectivity index (χ3n) is 3.97. The van der Waals surface area contributed by atoms with Gasteiger partial charge in [-0.3, -0.25) is 9.59 Å². The largest absolute Gasteiger partial charge is 0.393 e. The Morgan fingerprint density at radius 2 is 1.95 bits per heavy atom. The summed E-state index contributed by atoms with van der Waals surface area (Å²) in [7, 11) is 0. The van der Waals surface area contributed by atoms with Gasteiger partial charge in [0.25, 0.3) is 0 Å². The van der Waals surface area contributed by atoms with E-state index in [-0.39, 0.29) is 29.7 Å². The van der Waals surface area contributed by atoms with Gasteiger partial charge in [-0.05, 0) is 12.8 Å². The van der Waals surface area contributed by atoms with Crippen molar-refractivity contribution in [3.8, 4) is 0 Å². The molecule has 0 saturated carbocycles. The number of piperidine rings is 1. The molecule has 0 aromatic rings. The minimum atomic E-state index is -0.416. The van der Waals surface area contributed by atoms with Gasteiger partial charge < -0.3 is 15.3 Å². The number of hydrogen-bond acceptors (Lipinski definition) is 3. The van der Waals surface area contributed by atoms with Crippen molar-refractivity contribution in [3.05, 3.63) is 0 Å². The molecule has 1 aliphatic heterocycles. The van der Waals surface area contributed by atoms with Crippen molar-refractivity contribution in [2.45, 2.75) is 59.1 Å². The average Bonchev–Trinajstić information content (AvgIpc) is 2.44. The number of amides is 2. The van der Waals surface area contributed by atoms with Crippen molar-refractivity contribution in [3.63, 3.8) is 0 Å². The maximum atomic E-state index is 11.9. The molecule has 0 spiro atoms. The molecule has 1 heterocycles. The lowest BCUT2D eigenvalue weighted by atomic mass is 9.88. The Balaban J connectivity index is 2.73. The molecule has 1 rings (SSSR count). The predicted molar refractivity (Wildman–Crippen MR) is 78.0 cm³/mol. The molecule has 116 valence electrons. The Labute approximate surface area is 121 Å². The first kappa shape index (κ1) is 17.0. The molecule has 3 atom stereocenters. The van der Waals surface area contributed by atoms with E-state index in [9.17, 15) is 14.7 Å². The Hall–Kier alpha value is -1.10. The minimum Gasteiger partial charge on any atom is -0.393 e. The molecule has 20 heavy (non-hydrogen) atoms. The number of carbonyl (C=O) groups is 2. The van der Waals surface area contributed by atoms with E-state index in [1.54, 1.807) is 4.90 Å². The van der Waals surface area contributed by atoms with Crippen LogP contribution >= 0.6 is 0 Å². The van der Waals surface area contributed by atoms with Crippen molar-refractivity contribution >= 4 is 11.8 Å². The van der Waals surface area contributed by atoms with Crippen molar-refractivity contribution in [1.82, 2.24) is 10.2 Å². The molecule has 3 unspecified atom stereocenters. The fourth-order valence-corrected chi connectivity index (χ4v) is 2.65. The van der Waals surface area contributed by atoms with Crippen LogP contribution in [0.2, 0.25) is 0 Å². The lowest BCUT2D eigenvalue weighted by Gasteiger charge is -2.40. The summed E-state index contributed by atoms with van der Waals surface area (Å²) in [5.41, 5.74) is 0. The second kappa shape index (κ2) is 7.62. The van der Waals surface area contributed by atoms with E-state index in [1.165, 1.54) is 0 Å². The molecule has 0 aliphatic carbocycles. The third kappa shape index (κ3) is 4.47. The Bertz CT molecular complexity index is 344. The molecule has 2 N–H and O–H groups in total. The highest BCUT2D eigenvalue weighted by molar-refractivity contribution is 5.79. The van der Waals surface area contributed by atoms with Gasteiger partial charge >= 0.3 is 0 Å². The fraction of sp³-hybridized carbons (Fsp3) is 0.867. The van der Waals surface area contributed by atoms with E-state index in [2.05, 4.69) is 5.32 Å². The van der Waals surface area contributed by atoms with Gasteiger partial charge in [-0.1, -0.05) is 27.7 Å². The number of aliphatic hydroxyl groups excluding tert-OH is 1. The second-order valence-electron chi connectivity index (χ2n) is 5.98. The maximum absolute atomic E-state index is 11.9. The van der Waals surface area contributed by atoms with Crippen LogP contribution in [0, 0.1) is 11.8 Å². The quantitative estimate of drug-likeness (QED) is 0.796. The number of carbonyl (C=O) groups excluding carboxylic acids is 2. The topological polar surface area (TPSA) is 69.6 Å². The van der Waals surface area contributed by atoms with Gasteiger partial charge in [-0.2, -0.15) is 0 Å². The van der Waals surface area contributed by atoms with Crippen LogP contribution in [0.3, 0.4) is 0 Å². The lowest BCUT2D eigenvalue weighted by molar-refractivity contribution is -0.136. The van der Waals surface area contributed by atoms with Crippen molar-refractivity contribution in [2.24, 2.45) is 11.8 Å². The Kier molecular flexibility index (Phi) is 6.46. The standard InChI is InChI=1S/C15H28N2O3/c1-5-13(18)11-7-12(16-15(20)10(3)4)9-17(8-11)14(19)6-2/h10-13,18H,5-9H2,1-4H3,(H,16,20). The van der Waals surface area contributed by atoms with E-state index in [4.69, 9.17) is 0 Å². The molecule has 0 aromatic heterocycles. The van der Waals surface area contributed by atoms with Crippen LogP contribution in [-0.4, -0.2) is 47.1 Å². The highest BCUT2D eigenvalue weighted by Crippen LogP contribution is 2.22. The fourth-order valence-electron chi connectivity index (χ4n) is 2.65. The first-order valence-electron chi connectivity index (χ1n) is 7.65. The molecular weight excluding hydrogens is 256 g/mol. The SMILES string of the molecule is CCC(=O)N1CC(NC(=O)C(C)C)CC(C(O)CC)C1. The molecule has 2 amide bonds. The minimum absolute atomic E-state index is 0.00513. The van der Waals surface area contributed by atoms with E-state index in [0.29, 0.717) is 25.9 Å². The van der Waals surface area contributed by atoms with Gasteiger partial charge in [0.1, 0.15) is 0 Å². The Morgan fingerprint density at radius 1 is 1.30 bits per heavy atom. The Morgan fingerprint density at radius 3 is 2.45 bits per heavy atom. The maximum Gasteiger partial charge on any atom is 0.222 e. The molecule has 1 aliphatic rings. The van der Waals surface area contributed by atoms with Crippen LogP contribution in [0.1, 0.15) is 47.0 Å². The van der Waals surface area contributed by atoms with Crippen LogP contribution in [0.4, 0.5) is 0 Å². The second-order valence-corrected chi connectivity index (χ2v) is 5.98. The first-order chi connectivity index (χ1) is 9.38. The van der Waals surface area contributed by atoms with Crippen LogP contribution in [0.5, 0.6) is 0 Å². The van der Waals surface area contributed by atoms with Gasteiger partial charge in [0.2, 0.25) is 11.8 Å². The number of nitrogens with zero attached hydrogens (tertiary/aromatic N) is 1. The third-order valence-corrected chi connectivity index (χ3v) is 3.97. The molecular formula is C15H28N2O3. The highest BCUT2D eigenvalue weighted by Gasteiger charge is 2.33. The van der Waals surface area contributed by atoms with Crippen molar-refractivity contribution < 1.29 is 14.7 Å². The number of nitrogens with one attached hydrogen (secondary N) is 1. The van der Waals surface area contributed by atoms with E-state index in [0.717, 1.165) is 6.42 Å². The molecule has 1 saturated heterocycles. The summed E-state index contributed by atoms with van der Waals surface area (Å²) in [4.78, 5) is 25.5. The number of hydrogen-bond donors (Lipinski definition) is 2. The highest BCUT2D eigenvalue weighted by atomic mass is 16.3. The van der Waals surface area contributed by atoms with E-state index in [1.807, 2.05) is 27.7 Å². The van der Waals surface area contributed by atoms with Gasteiger partial charge in [0.15, 0.2) is 0 Å². The molecule has 1 fully saturated rings. The number of likely N-dealkylation sites (tertiary alicyclic amines) is 1. The normalized spacial score (nSPS) is 24.6. The zero-order valence-corrected chi connectivity index (χ0v) is 13.1.